The van der Waals surface area contributed by atoms with Gasteiger partial charge in [0.15, 0.2) is 0 Å². The van der Waals surface area contributed by atoms with Crippen molar-refractivity contribution in [3.63, 3.8) is 0 Å². The van der Waals surface area contributed by atoms with Gasteiger partial charge in [0.1, 0.15) is 0 Å². The summed E-state index contributed by atoms with van der Waals surface area (Å²) in [6.07, 6.45) is 5.88. The minimum atomic E-state index is -0.0275. The molecule has 0 heterocycles. The monoisotopic (exact) mass is 416 g/mol. The third-order valence-corrected chi connectivity index (χ3v) is 6.33. The molecule has 0 aromatic heterocycles. The Bertz CT molecular complexity index is 942. The van der Waals surface area contributed by atoms with Crippen LogP contribution in [0.25, 0.3) is 11.1 Å². The summed E-state index contributed by atoms with van der Waals surface area (Å²) in [5.41, 5.74) is 9.53. The average molecular weight is 417 g/mol. The summed E-state index contributed by atoms with van der Waals surface area (Å²) in [7, 11) is 0. The molecule has 2 nitrogen and oxygen atoms in total. The van der Waals surface area contributed by atoms with E-state index in [-0.39, 0.29) is 19.1 Å². The van der Waals surface area contributed by atoms with Gasteiger partial charge in [-0.05, 0) is 77.5 Å². The fourth-order valence-electron chi connectivity index (χ4n) is 4.28. The lowest BCUT2D eigenvalue weighted by atomic mass is 9.90. The Hall–Kier alpha value is -2.42. The highest BCUT2D eigenvalue weighted by Crippen LogP contribution is 2.29. The van der Waals surface area contributed by atoms with Gasteiger partial charge >= 0.3 is 0 Å². The van der Waals surface area contributed by atoms with Crippen LogP contribution >= 0.6 is 0 Å². The van der Waals surface area contributed by atoms with Gasteiger partial charge in [0.2, 0.25) is 0 Å². The second-order valence-electron chi connectivity index (χ2n) is 8.44. The molecule has 0 atom stereocenters. The Balaban J connectivity index is 1.78. The molecule has 2 heteroatoms. The fraction of sp³-hybridized carbons (Fsp3) is 0.379. The Labute approximate surface area is 187 Å². The van der Waals surface area contributed by atoms with Gasteiger partial charge in [-0.25, -0.2) is 0 Å². The zero-order valence-corrected chi connectivity index (χ0v) is 19.0. The molecule has 0 aliphatic carbocycles. The smallest absolute Gasteiger partial charge is 0.0481 e. The first-order valence-corrected chi connectivity index (χ1v) is 11.7. The summed E-state index contributed by atoms with van der Waals surface area (Å²) in [6, 6.07) is 24.4. The van der Waals surface area contributed by atoms with Crippen LogP contribution in [0.4, 0.5) is 0 Å². The second kappa shape index (κ2) is 11.8. The van der Waals surface area contributed by atoms with Crippen LogP contribution in [-0.2, 0) is 32.1 Å². The summed E-state index contributed by atoms with van der Waals surface area (Å²) >= 11 is 0. The molecule has 0 fully saturated rings. The van der Waals surface area contributed by atoms with Gasteiger partial charge in [0, 0.05) is 19.1 Å². The summed E-state index contributed by atoms with van der Waals surface area (Å²) in [5, 5.41) is 18.6. The van der Waals surface area contributed by atoms with Crippen molar-refractivity contribution in [3.8, 4) is 11.1 Å². The number of aryl methyl sites for hydroxylation is 5. The van der Waals surface area contributed by atoms with E-state index in [0.717, 1.165) is 38.5 Å². The van der Waals surface area contributed by atoms with Crippen molar-refractivity contribution in [1.82, 2.24) is 0 Å². The van der Waals surface area contributed by atoms with Crippen molar-refractivity contribution >= 4 is 0 Å². The van der Waals surface area contributed by atoms with E-state index in [9.17, 15) is 10.2 Å². The first-order chi connectivity index (χ1) is 15.2. The van der Waals surface area contributed by atoms with Crippen LogP contribution in [0.2, 0.25) is 0 Å². The average Bonchev–Trinajstić information content (AvgIpc) is 2.83. The van der Waals surface area contributed by atoms with Gasteiger partial charge in [-0.15, -0.1) is 0 Å². The summed E-state index contributed by atoms with van der Waals surface area (Å²) in [5.74, 6) is -0.0275. The molecule has 0 radical (unpaired) electrons. The lowest BCUT2D eigenvalue weighted by molar-refractivity contribution is 0.144. The highest BCUT2D eigenvalue weighted by Gasteiger charge is 2.11. The zero-order chi connectivity index (χ0) is 22.1. The number of aliphatic hydroxyl groups excluding tert-OH is 2. The molecular formula is C29H36O2. The summed E-state index contributed by atoms with van der Waals surface area (Å²) < 4.78 is 0. The van der Waals surface area contributed by atoms with Crippen molar-refractivity contribution in [1.29, 1.82) is 0 Å². The lowest BCUT2D eigenvalue weighted by Gasteiger charge is -2.15. The van der Waals surface area contributed by atoms with Crippen LogP contribution in [0.1, 0.15) is 48.1 Å². The van der Waals surface area contributed by atoms with Crippen molar-refractivity contribution in [2.24, 2.45) is 5.92 Å². The highest BCUT2D eigenvalue weighted by atomic mass is 16.3. The molecule has 164 valence electrons. The Morgan fingerprint density at radius 1 is 0.645 bits per heavy atom. The molecule has 0 saturated heterocycles. The van der Waals surface area contributed by atoms with E-state index in [1.807, 2.05) is 0 Å². The van der Waals surface area contributed by atoms with Gasteiger partial charge in [0.05, 0.1) is 0 Å². The van der Waals surface area contributed by atoms with Crippen LogP contribution in [0.5, 0.6) is 0 Å². The zero-order valence-electron chi connectivity index (χ0n) is 19.0. The molecule has 0 amide bonds. The van der Waals surface area contributed by atoms with E-state index in [1.165, 1.54) is 38.9 Å². The lowest BCUT2D eigenvalue weighted by Crippen LogP contribution is -2.12. The molecule has 0 aliphatic heterocycles. The van der Waals surface area contributed by atoms with Crippen LogP contribution in [0.15, 0.2) is 66.7 Å². The van der Waals surface area contributed by atoms with E-state index in [1.54, 1.807) is 0 Å². The van der Waals surface area contributed by atoms with E-state index in [2.05, 4.69) is 80.6 Å². The molecule has 3 aromatic rings. The normalized spacial score (nSPS) is 11.3. The fourth-order valence-corrected chi connectivity index (χ4v) is 4.28. The van der Waals surface area contributed by atoms with Crippen molar-refractivity contribution in [2.45, 2.75) is 52.4 Å². The first-order valence-electron chi connectivity index (χ1n) is 11.7. The topological polar surface area (TPSA) is 40.5 Å². The van der Waals surface area contributed by atoms with Crippen molar-refractivity contribution in [3.05, 3.63) is 94.5 Å². The minimum absolute atomic E-state index is 0.0275. The molecular weight excluding hydrogens is 380 g/mol. The molecule has 0 spiro atoms. The van der Waals surface area contributed by atoms with Crippen LogP contribution in [0, 0.1) is 5.92 Å². The summed E-state index contributed by atoms with van der Waals surface area (Å²) in [6.45, 7) is 4.55. The van der Waals surface area contributed by atoms with Crippen LogP contribution < -0.4 is 0 Å². The molecule has 0 bridgehead atoms. The van der Waals surface area contributed by atoms with Gasteiger partial charge in [-0.2, -0.15) is 0 Å². The number of hydrogen-bond acceptors (Lipinski definition) is 2. The van der Waals surface area contributed by atoms with Gasteiger partial charge < -0.3 is 10.2 Å². The Kier molecular flexibility index (Phi) is 8.87. The Morgan fingerprint density at radius 3 is 2.06 bits per heavy atom. The van der Waals surface area contributed by atoms with Gasteiger partial charge in [0.25, 0.3) is 0 Å². The maximum atomic E-state index is 9.31. The number of benzene rings is 3. The van der Waals surface area contributed by atoms with E-state index in [4.69, 9.17) is 0 Å². The van der Waals surface area contributed by atoms with Crippen LogP contribution in [0.3, 0.4) is 0 Å². The number of rotatable bonds is 11. The minimum Gasteiger partial charge on any atom is -0.396 e. The standard InChI is InChI=1S/C29H36O2/c1-3-25-19-28(16-15-27(25)14-12-22-8-6-5-7-9-22)29-17-13-23(18-26(29)4-2)10-11-24(20-30)21-31/h5-9,13,15-19,24,30-31H,3-4,10-12,14,20-21H2,1-2H3. The molecule has 0 unspecified atom stereocenters. The number of aliphatic hydroxyl groups is 2. The predicted molar refractivity (Wildman–Crippen MR) is 130 cm³/mol. The number of hydrogen-bond donors (Lipinski definition) is 2. The quantitative estimate of drug-likeness (QED) is 0.415. The first kappa shape index (κ1) is 23.2. The molecule has 3 rings (SSSR count). The molecule has 31 heavy (non-hydrogen) atoms. The maximum Gasteiger partial charge on any atom is 0.0481 e. The van der Waals surface area contributed by atoms with E-state index >= 15 is 0 Å². The second-order valence-corrected chi connectivity index (χ2v) is 8.44. The third-order valence-electron chi connectivity index (χ3n) is 6.33. The largest absolute Gasteiger partial charge is 0.396 e. The SMILES string of the molecule is CCc1cc(-c2ccc(CCC(CO)CO)cc2CC)ccc1CCc1ccccc1. The predicted octanol–water partition coefficient (Wildman–Crippen LogP) is 5.80. The molecule has 0 aliphatic rings. The van der Waals surface area contributed by atoms with Gasteiger partial charge in [-0.3, -0.25) is 0 Å². The van der Waals surface area contributed by atoms with Crippen molar-refractivity contribution in [2.75, 3.05) is 13.2 Å². The molecule has 3 aromatic carbocycles. The Morgan fingerprint density at radius 2 is 1.39 bits per heavy atom. The van der Waals surface area contributed by atoms with Crippen LogP contribution in [-0.4, -0.2) is 23.4 Å². The highest BCUT2D eigenvalue weighted by molar-refractivity contribution is 5.69. The molecule has 2 N–H and O–H groups in total. The molecule has 0 saturated carbocycles. The summed E-state index contributed by atoms with van der Waals surface area (Å²) in [4.78, 5) is 0. The third kappa shape index (κ3) is 6.29. The van der Waals surface area contributed by atoms with E-state index in [0.29, 0.717) is 0 Å². The van der Waals surface area contributed by atoms with Gasteiger partial charge in [-0.1, -0.05) is 80.6 Å². The maximum absolute atomic E-state index is 9.31. The van der Waals surface area contributed by atoms with E-state index < -0.39 is 0 Å². The van der Waals surface area contributed by atoms with Crippen molar-refractivity contribution < 1.29 is 10.2 Å².